The average Bonchev–Trinajstić information content (AvgIpc) is 3.12. The van der Waals surface area contributed by atoms with Gasteiger partial charge in [0.1, 0.15) is 13.2 Å². The summed E-state index contributed by atoms with van der Waals surface area (Å²) in [6.45, 7) is 3.92. The number of para-hydroxylation sites is 1. The van der Waals surface area contributed by atoms with Crippen LogP contribution >= 0.6 is 11.8 Å². The van der Waals surface area contributed by atoms with Crippen LogP contribution in [0.1, 0.15) is 5.56 Å². The van der Waals surface area contributed by atoms with Gasteiger partial charge in [0.2, 0.25) is 0 Å². The molecule has 2 fully saturated rings. The number of rotatable bonds is 4. The Morgan fingerprint density at radius 3 is 2.42 bits per heavy atom. The molecule has 3 aliphatic heterocycles. The van der Waals surface area contributed by atoms with E-state index in [0.717, 1.165) is 35.4 Å². The third-order valence-electron chi connectivity index (χ3n) is 5.76. The molecule has 3 heterocycles. The van der Waals surface area contributed by atoms with Crippen molar-refractivity contribution in [2.75, 3.05) is 50.8 Å². The number of carbonyl (C=O) groups excluding carboxylic acids is 3. The molecule has 170 valence electrons. The number of ether oxygens (including phenoxy) is 2. The second-order valence-corrected chi connectivity index (χ2v) is 8.91. The summed E-state index contributed by atoms with van der Waals surface area (Å²) in [6.07, 6.45) is 1.61. The lowest BCUT2D eigenvalue weighted by molar-refractivity contribution is -0.138. The monoisotopic (exact) mass is 465 g/mol. The molecule has 0 aliphatic carbocycles. The number of thioether (sulfide) groups is 1. The third-order valence-corrected chi connectivity index (χ3v) is 6.63. The Hall–Kier alpha value is -3.30. The standard InChI is InChI=1S/C24H23N3O5S/c28-22(16-25-8-10-26(11-9-25)18-4-2-1-3-5-18)27-23(29)21(33-24(27)30)15-17-6-7-19-20(14-17)32-13-12-31-19/h1-7,14-15H,8-13,16H2/b21-15-. The number of hydrogen-bond donors (Lipinski definition) is 0. The number of piperazine rings is 1. The first kappa shape index (κ1) is 21.5. The highest BCUT2D eigenvalue weighted by molar-refractivity contribution is 8.18. The largest absolute Gasteiger partial charge is 0.486 e. The predicted octanol–water partition coefficient (Wildman–Crippen LogP) is 2.84. The Balaban J connectivity index is 1.21. The lowest BCUT2D eigenvalue weighted by atomic mass is 10.1. The molecular weight excluding hydrogens is 442 g/mol. The van der Waals surface area contributed by atoms with Crippen molar-refractivity contribution in [3.8, 4) is 11.5 Å². The number of amides is 3. The van der Waals surface area contributed by atoms with Crippen LogP contribution in [0.3, 0.4) is 0 Å². The van der Waals surface area contributed by atoms with E-state index in [-0.39, 0.29) is 11.4 Å². The summed E-state index contributed by atoms with van der Waals surface area (Å²) in [4.78, 5) is 43.4. The zero-order valence-electron chi connectivity index (χ0n) is 17.9. The fourth-order valence-corrected chi connectivity index (χ4v) is 4.89. The summed E-state index contributed by atoms with van der Waals surface area (Å²) < 4.78 is 11.1. The topological polar surface area (TPSA) is 79.4 Å². The maximum absolute atomic E-state index is 12.8. The van der Waals surface area contributed by atoms with E-state index in [9.17, 15) is 14.4 Å². The van der Waals surface area contributed by atoms with Crippen LogP contribution < -0.4 is 14.4 Å². The maximum Gasteiger partial charge on any atom is 0.300 e. The van der Waals surface area contributed by atoms with Crippen LogP contribution in [0.15, 0.2) is 53.4 Å². The number of benzene rings is 2. The molecule has 0 spiro atoms. The lowest BCUT2D eigenvalue weighted by Crippen LogP contribution is -2.50. The van der Waals surface area contributed by atoms with Gasteiger partial charge in [0.05, 0.1) is 11.4 Å². The summed E-state index contributed by atoms with van der Waals surface area (Å²) in [6, 6.07) is 15.4. The normalized spacial score (nSPS) is 19.9. The van der Waals surface area contributed by atoms with Crippen molar-refractivity contribution in [2.24, 2.45) is 0 Å². The van der Waals surface area contributed by atoms with E-state index in [2.05, 4.69) is 17.0 Å². The van der Waals surface area contributed by atoms with Crippen molar-refractivity contribution in [1.82, 2.24) is 9.80 Å². The van der Waals surface area contributed by atoms with Gasteiger partial charge in [-0.1, -0.05) is 24.3 Å². The van der Waals surface area contributed by atoms with Crippen molar-refractivity contribution in [2.45, 2.75) is 0 Å². The Labute approximate surface area is 195 Å². The van der Waals surface area contributed by atoms with Gasteiger partial charge in [-0.15, -0.1) is 0 Å². The molecule has 3 aliphatic rings. The Bertz CT molecular complexity index is 1110. The average molecular weight is 466 g/mol. The van der Waals surface area contributed by atoms with E-state index in [1.165, 1.54) is 0 Å². The molecule has 0 saturated carbocycles. The van der Waals surface area contributed by atoms with Crippen LogP contribution in [0.4, 0.5) is 10.5 Å². The first-order valence-electron chi connectivity index (χ1n) is 10.8. The molecule has 0 unspecified atom stereocenters. The predicted molar refractivity (Wildman–Crippen MR) is 125 cm³/mol. The van der Waals surface area contributed by atoms with Crippen molar-refractivity contribution in [1.29, 1.82) is 0 Å². The molecule has 33 heavy (non-hydrogen) atoms. The van der Waals surface area contributed by atoms with Gasteiger partial charge in [-0.05, 0) is 47.7 Å². The van der Waals surface area contributed by atoms with Gasteiger partial charge in [-0.25, -0.2) is 4.90 Å². The van der Waals surface area contributed by atoms with Crippen LogP contribution in [-0.2, 0) is 9.59 Å². The number of imide groups is 3. The quantitative estimate of drug-likeness (QED) is 0.638. The van der Waals surface area contributed by atoms with Gasteiger partial charge in [0.15, 0.2) is 11.5 Å². The van der Waals surface area contributed by atoms with Crippen LogP contribution in [-0.4, -0.2) is 72.8 Å². The number of hydrogen-bond acceptors (Lipinski definition) is 8. The SMILES string of the molecule is O=C(CN1CCN(c2ccccc2)CC1)N1C(=O)S/C(=C\c2ccc3c(c2)OCCO3)C1=O. The van der Waals surface area contributed by atoms with E-state index in [4.69, 9.17) is 9.47 Å². The summed E-state index contributed by atoms with van der Waals surface area (Å²) in [7, 11) is 0. The summed E-state index contributed by atoms with van der Waals surface area (Å²) in [5, 5.41) is -0.559. The lowest BCUT2D eigenvalue weighted by Gasteiger charge is -2.36. The van der Waals surface area contributed by atoms with Gasteiger partial charge in [0.25, 0.3) is 17.1 Å². The summed E-state index contributed by atoms with van der Waals surface area (Å²) >= 11 is 0.781. The molecule has 0 atom stereocenters. The fraction of sp³-hybridized carbons (Fsp3) is 0.292. The highest BCUT2D eigenvalue weighted by atomic mass is 32.2. The third kappa shape index (κ3) is 4.60. The Morgan fingerprint density at radius 2 is 1.67 bits per heavy atom. The maximum atomic E-state index is 12.8. The van der Waals surface area contributed by atoms with Gasteiger partial charge >= 0.3 is 0 Å². The smallest absolute Gasteiger partial charge is 0.300 e. The van der Waals surface area contributed by atoms with Crippen LogP contribution in [0.2, 0.25) is 0 Å². The van der Waals surface area contributed by atoms with E-state index in [0.29, 0.717) is 43.4 Å². The molecule has 0 bridgehead atoms. The van der Waals surface area contributed by atoms with E-state index in [1.54, 1.807) is 24.3 Å². The Morgan fingerprint density at radius 1 is 0.939 bits per heavy atom. The highest BCUT2D eigenvalue weighted by Crippen LogP contribution is 2.35. The zero-order chi connectivity index (χ0) is 22.8. The van der Waals surface area contributed by atoms with Crippen molar-refractivity contribution >= 4 is 40.6 Å². The molecule has 2 aromatic rings. The van der Waals surface area contributed by atoms with Crippen molar-refractivity contribution in [3.05, 3.63) is 59.0 Å². The van der Waals surface area contributed by atoms with Crippen LogP contribution in [0.25, 0.3) is 6.08 Å². The molecule has 5 rings (SSSR count). The van der Waals surface area contributed by atoms with Gasteiger partial charge in [-0.3, -0.25) is 19.3 Å². The second-order valence-electron chi connectivity index (χ2n) is 7.91. The summed E-state index contributed by atoms with van der Waals surface area (Å²) in [5.41, 5.74) is 1.85. The number of fused-ring (bicyclic) bond motifs is 1. The molecule has 0 aromatic heterocycles. The van der Waals surface area contributed by atoms with E-state index < -0.39 is 17.1 Å². The van der Waals surface area contributed by atoms with Crippen molar-refractivity contribution in [3.63, 3.8) is 0 Å². The molecule has 3 amide bonds. The number of anilines is 1. The van der Waals surface area contributed by atoms with E-state index >= 15 is 0 Å². The molecule has 0 N–H and O–H groups in total. The fourth-order valence-electron chi connectivity index (χ4n) is 4.05. The summed E-state index contributed by atoms with van der Waals surface area (Å²) in [5.74, 6) is 0.179. The first-order valence-corrected chi connectivity index (χ1v) is 11.6. The molecule has 9 heteroatoms. The molecular formula is C24H23N3O5S. The molecule has 0 radical (unpaired) electrons. The van der Waals surface area contributed by atoms with Gasteiger partial charge < -0.3 is 14.4 Å². The molecule has 2 saturated heterocycles. The minimum atomic E-state index is -0.576. The minimum Gasteiger partial charge on any atom is -0.486 e. The minimum absolute atomic E-state index is 0.0397. The first-order chi connectivity index (χ1) is 16.1. The van der Waals surface area contributed by atoms with Crippen molar-refractivity contribution < 1.29 is 23.9 Å². The Kier molecular flexibility index (Phi) is 6.06. The van der Waals surface area contributed by atoms with Gasteiger partial charge in [0, 0.05) is 31.9 Å². The number of carbonyl (C=O) groups is 3. The van der Waals surface area contributed by atoms with Gasteiger partial charge in [-0.2, -0.15) is 0 Å². The zero-order valence-corrected chi connectivity index (χ0v) is 18.8. The molecule has 2 aromatic carbocycles. The second kappa shape index (κ2) is 9.29. The van der Waals surface area contributed by atoms with Crippen LogP contribution in [0.5, 0.6) is 11.5 Å². The van der Waals surface area contributed by atoms with Crippen LogP contribution in [0, 0.1) is 0 Å². The molecule has 8 nitrogen and oxygen atoms in total. The number of nitrogens with zero attached hydrogens (tertiary/aromatic N) is 3. The van der Waals surface area contributed by atoms with E-state index in [1.807, 2.05) is 23.1 Å². The highest BCUT2D eigenvalue weighted by Gasteiger charge is 2.40.